The Labute approximate surface area is 193 Å². The molecule has 0 heterocycles. The average Bonchev–Trinajstić information content (AvgIpc) is 2.87. The van der Waals surface area contributed by atoms with E-state index in [2.05, 4.69) is 5.32 Å². The van der Waals surface area contributed by atoms with Gasteiger partial charge in [-0.1, -0.05) is 72.8 Å². The fourth-order valence-corrected chi connectivity index (χ4v) is 3.23. The zero-order valence-electron chi connectivity index (χ0n) is 18.1. The third-order valence-corrected chi connectivity index (χ3v) is 4.86. The molecule has 0 aliphatic rings. The van der Waals surface area contributed by atoms with Gasteiger partial charge in [-0.2, -0.15) is 0 Å². The minimum absolute atomic E-state index is 0.268. The van der Waals surface area contributed by atoms with Crippen molar-refractivity contribution in [3.05, 3.63) is 120 Å². The van der Waals surface area contributed by atoms with Gasteiger partial charge in [0.15, 0.2) is 0 Å². The lowest BCUT2D eigenvalue weighted by Crippen LogP contribution is -2.15. The van der Waals surface area contributed by atoms with Crippen LogP contribution in [0, 0.1) is 0 Å². The van der Waals surface area contributed by atoms with Crippen molar-refractivity contribution >= 4 is 11.6 Å². The first-order chi connectivity index (χ1) is 16.3. The summed E-state index contributed by atoms with van der Waals surface area (Å²) in [7, 11) is 0. The van der Waals surface area contributed by atoms with Gasteiger partial charge in [0.2, 0.25) is 0 Å². The summed E-state index contributed by atoms with van der Waals surface area (Å²) in [5, 5.41) is 2.94. The Hall–Kier alpha value is -4.25. The first-order valence-corrected chi connectivity index (χ1v) is 10.8. The number of carbonyl (C=O) groups excluding carboxylic acids is 1. The van der Waals surface area contributed by atoms with Crippen molar-refractivity contribution in [1.82, 2.24) is 0 Å². The predicted octanol–water partition coefficient (Wildman–Crippen LogP) is 5.98. The summed E-state index contributed by atoms with van der Waals surface area (Å²) < 4.78 is 17.5. The van der Waals surface area contributed by atoms with Crippen molar-refractivity contribution in [1.29, 1.82) is 0 Å². The van der Waals surface area contributed by atoms with E-state index in [1.807, 2.05) is 91.0 Å². The van der Waals surface area contributed by atoms with Crippen molar-refractivity contribution in [2.45, 2.75) is 6.61 Å². The van der Waals surface area contributed by atoms with Gasteiger partial charge >= 0.3 is 0 Å². The summed E-state index contributed by atoms with van der Waals surface area (Å²) in [4.78, 5) is 13.0. The van der Waals surface area contributed by atoms with E-state index in [9.17, 15) is 4.79 Å². The van der Waals surface area contributed by atoms with Gasteiger partial charge in [0.1, 0.15) is 37.1 Å². The number of hydrogen-bond donors (Lipinski definition) is 1. The highest BCUT2D eigenvalue weighted by molar-refractivity contribution is 6.06. The molecule has 4 aromatic carbocycles. The summed E-state index contributed by atoms with van der Waals surface area (Å²) in [5.41, 5.74) is 2.07. The highest BCUT2D eigenvalue weighted by Crippen LogP contribution is 2.26. The number of benzene rings is 4. The molecule has 0 unspecified atom stereocenters. The highest BCUT2D eigenvalue weighted by Gasteiger charge is 2.14. The van der Waals surface area contributed by atoms with Gasteiger partial charge in [0.05, 0.1) is 11.3 Å². The monoisotopic (exact) mass is 439 g/mol. The number of amides is 1. The molecule has 0 saturated heterocycles. The zero-order valence-corrected chi connectivity index (χ0v) is 18.1. The zero-order chi connectivity index (χ0) is 22.7. The molecule has 4 aromatic rings. The quantitative estimate of drug-likeness (QED) is 0.309. The maximum absolute atomic E-state index is 13.0. The van der Waals surface area contributed by atoms with Crippen LogP contribution in [0.1, 0.15) is 15.9 Å². The summed E-state index contributed by atoms with van der Waals surface area (Å²) in [6, 6.07) is 33.9. The van der Waals surface area contributed by atoms with Gasteiger partial charge < -0.3 is 19.5 Å². The Morgan fingerprint density at radius 1 is 0.606 bits per heavy atom. The van der Waals surface area contributed by atoms with E-state index in [1.54, 1.807) is 18.2 Å². The number of hydrogen-bond acceptors (Lipinski definition) is 4. The van der Waals surface area contributed by atoms with Crippen LogP contribution in [-0.2, 0) is 6.61 Å². The molecule has 4 rings (SSSR count). The normalized spacial score (nSPS) is 10.3. The van der Waals surface area contributed by atoms with Gasteiger partial charge in [-0.3, -0.25) is 4.79 Å². The number of ether oxygens (including phenoxy) is 3. The van der Waals surface area contributed by atoms with Gasteiger partial charge in [-0.25, -0.2) is 0 Å². The van der Waals surface area contributed by atoms with E-state index in [0.717, 1.165) is 11.3 Å². The topological polar surface area (TPSA) is 56.8 Å². The summed E-state index contributed by atoms with van der Waals surface area (Å²) in [6.45, 7) is 1.12. The SMILES string of the molecule is O=C(Nc1ccccc1OCCOc1ccccc1)c1ccccc1OCc1ccccc1. The molecule has 33 heavy (non-hydrogen) atoms. The van der Waals surface area contributed by atoms with Crippen molar-refractivity contribution in [3.63, 3.8) is 0 Å². The van der Waals surface area contributed by atoms with Gasteiger partial charge in [0.25, 0.3) is 5.91 Å². The first kappa shape index (κ1) is 22.0. The largest absolute Gasteiger partial charge is 0.490 e. The molecule has 0 saturated carbocycles. The first-order valence-electron chi connectivity index (χ1n) is 10.8. The lowest BCUT2D eigenvalue weighted by atomic mass is 10.1. The fourth-order valence-electron chi connectivity index (χ4n) is 3.23. The Morgan fingerprint density at radius 2 is 1.21 bits per heavy atom. The van der Waals surface area contributed by atoms with Crippen LogP contribution < -0.4 is 19.5 Å². The van der Waals surface area contributed by atoms with Crippen LogP contribution in [-0.4, -0.2) is 19.1 Å². The second-order valence-corrected chi connectivity index (χ2v) is 7.23. The standard InChI is InChI=1S/C28H25NO4/c30-28(24-15-7-9-17-26(24)33-21-22-11-3-1-4-12-22)29-25-16-8-10-18-27(25)32-20-19-31-23-13-5-2-6-14-23/h1-18H,19-21H2,(H,29,30). The van der Waals surface area contributed by atoms with E-state index in [1.165, 1.54) is 0 Å². The van der Waals surface area contributed by atoms with E-state index in [-0.39, 0.29) is 5.91 Å². The Morgan fingerprint density at radius 3 is 2.00 bits per heavy atom. The molecule has 0 radical (unpaired) electrons. The molecule has 0 aliphatic heterocycles. The van der Waals surface area contributed by atoms with Crippen molar-refractivity contribution in [2.24, 2.45) is 0 Å². The maximum atomic E-state index is 13.0. The molecule has 5 heteroatoms. The molecule has 0 aliphatic carbocycles. The minimum Gasteiger partial charge on any atom is -0.490 e. The summed E-state index contributed by atoms with van der Waals surface area (Å²) in [6.07, 6.45) is 0. The van der Waals surface area contributed by atoms with Crippen molar-refractivity contribution in [2.75, 3.05) is 18.5 Å². The summed E-state index contributed by atoms with van der Waals surface area (Å²) in [5.74, 6) is 1.61. The van der Waals surface area contributed by atoms with Crippen LogP contribution in [0.25, 0.3) is 0 Å². The summed E-state index contributed by atoms with van der Waals surface area (Å²) >= 11 is 0. The third kappa shape index (κ3) is 6.37. The molecule has 166 valence electrons. The molecule has 1 amide bonds. The van der Waals surface area contributed by atoms with Gasteiger partial charge in [-0.15, -0.1) is 0 Å². The molecule has 1 N–H and O–H groups in total. The lowest BCUT2D eigenvalue weighted by molar-refractivity contribution is 0.102. The second kappa shape index (κ2) is 11.4. The van der Waals surface area contributed by atoms with E-state index in [0.29, 0.717) is 42.6 Å². The van der Waals surface area contributed by atoms with Crippen LogP contribution in [0.5, 0.6) is 17.2 Å². The van der Waals surface area contributed by atoms with Crippen LogP contribution >= 0.6 is 0 Å². The molecule has 0 aromatic heterocycles. The van der Waals surface area contributed by atoms with E-state index >= 15 is 0 Å². The number of rotatable bonds is 10. The number of para-hydroxylation sites is 4. The fraction of sp³-hybridized carbons (Fsp3) is 0.107. The Kier molecular flexibility index (Phi) is 7.58. The highest BCUT2D eigenvalue weighted by atomic mass is 16.5. The predicted molar refractivity (Wildman–Crippen MR) is 129 cm³/mol. The molecular weight excluding hydrogens is 414 g/mol. The second-order valence-electron chi connectivity index (χ2n) is 7.23. The van der Waals surface area contributed by atoms with Crippen LogP contribution in [0.4, 0.5) is 5.69 Å². The average molecular weight is 440 g/mol. The third-order valence-electron chi connectivity index (χ3n) is 4.86. The van der Waals surface area contributed by atoms with Crippen LogP contribution in [0.2, 0.25) is 0 Å². The van der Waals surface area contributed by atoms with Crippen LogP contribution in [0.15, 0.2) is 109 Å². The number of nitrogens with one attached hydrogen (secondary N) is 1. The van der Waals surface area contributed by atoms with Crippen LogP contribution in [0.3, 0.4) is 0 Å². The Bertz CT molecular complexity index is 1160. The number of anilines is 1. The molecule has 5 nitrogen and oxygen atoms in total. The van der Waals surface area contributed by atoms with Crippen molar-refractivity contribution in [3.8, 4) is 17.2 Å². The van der Waals surface area contributed by atoms with Crippen molar-refractivity contribution < 1.29 is 19.0 Å². The van der Waals surface area contributed by atoms with Gasteiger partial charge in [-0.05, 0) is 42.0 Å². The van der Waals surface area contributed by atoms with Gasteiger partial charge in [0, 0.05) is 0 Å². The molecule has 0 spiro atoms. The maximum Gasteiger partial charge on any atom is 0.259 e. The van der Waals surface area contributed by atoms with E-state index in [4.69, 9.17) is 14.2 Å². The molecule has 0 atom stereocenters. The smallest absolute Gasteiger partial charge is 0.259 e. The molecule has 0 bridgehead atoms. The minimum atomic E-state index is -0.268. The molecular formula is C28H25NO4. The lowest BCUT2D eigenvalue weighted by Gasteiger charge is -2.15. The number of carbonyl (C=O) groups is 1. The molecule has 0 fully saturated rings. The van der Waals surface area contributed by atoms with E-state index < -0.39 is 0 Å². The Balaban J connectivity index is 1.37.